The molecule has 59 heavy (non-hydrogen) atoms. The molecule has 9 aromatic carbocycles. The molecule has 1 aromatic heterocycles. The third-order valence-electron chi connectivity index (χ3n) is 12.4. The third-order valence-corrected chi connectivity index (χ3v) is 12.4. The predicted octanol–water partition coefficient (Wildman–Crippen LogP) is 13.7. The van der Waals surface area contributed by atoms with Crippen molar-refractivity contribution in [2.75, 3.05) is 0 Å². The first-order chi connectivity index (χ1) is 29.3. The van der Waals surface area contributed by atoms with Gasteiger partial charge >= 0.3 is 0 Å². The fourth-order valence-corrected chi connectivity index (χ4v) is 9.79. The van der Waals surface area contributed by atoms with Crippen LogP contribution in [0.4, 0.5) is 0 Å². The van der Waals surface area contributed by atoms with Gasteiger partial charge in [0.2, 0.25) is 0 Å². The van der Waals surface area contributed by atoms with Gasteiger partial charge in [-0.05, 0) is 89.7 Å². The molecule has 0 unspecified atom stereocenters. The quantitative estimate of drug-likeness (QED) is 0.176. The smallest absolute Gasteiger partial charge is 0.164 e. The molecule has 1 spiro atoms. The first-order valence-corrected chi connectivity index (χ1v) is 20.2. The summed E-state index contributed by atoms with van der Waals surface area (Å²) in [7, 11) is 0. The van der Waals surface area contributed by atoms with Gasteiger partial charge in [0.1, 0.15) is 0 Å². The highest BCUT2D eigenvalue weighted by Gasteiger charge is 2.51. The minimum absolute atomic E-state index is 0.381. The standard InChI is InChI=1S/C56H35N3/c1-3-15-37(16-4-1)41-33-34-48(43-20-8-7-19-42(41)43)55-58-53(38-17-5-2-6-18-38)57-54(59-55)39-29-27-36(28-30-39)40-31-32-47-46-23-11-14-26-51(46)56(52(47)35-40)49-24-12-9-21-44(49)45-22-10-13-25-50(45)56/h1-35H. The van der Waals surface area contributed by atoms with E-state index in [1.165, 1.54) is 61.2 Å². The normalized spacial score (nSPS) is 12.9. The van der Waals surface area contributed by atoms with E-state index in [9.17, 15) is 0 Å². The molecule has 274 valence electrons. The molecule has 0 fully saturated rings. The van der Waals surface area contributed by atoms with Crippen molar-refractivity contribution >= 4 is 10.8 Å². The highest BCUT2D eigenvalue weighted by molar-refractivity contribution is 6.04. The van der Waals surface area contributed by atoms with Gasteiger partial charge in [0, 0.05) is 16.7 Å². The molecule has 2 aliphatic rings. The molecule has 3 nitrogen and oxygen atoms in total. The summed E-state index contributed by atoms with van der Waals surface area (Å²) in [5.41, 5.74) is 17.8. The average Bonchev–Trinajstić information content (AvgIpc) is 3.79. The largest absolute Gasteiger partial charge is 0.208 e. The van der Waals surface area contributed by atoms with Gasteiger partial charge in [-0.1, -0.05) is 200 Å². The number of aromatic nitrogens is 3. The molecule has 10 aromatic rings. The van der Waals surface area contributed by atoms with Crippen LogP contribution < -0.4 is 0 Å². The van der Waals surface area contributed by atoms with E-state index < -0.39 is 0 Å². The van der Waals surface area contributed by atoms with Crippen molar-refractivity contribution in [1.29, 1.82) is 0 Å². The van der Waals surface area contributed by atoms with Gasteiger partial charge in [-0.15, -0.1) is 0 Å². The number of nitrogens with zero attached hydrogens (tertiary/aromatic N) is 3. The Hall–Kier alpha value is -7.75. The predicted molar refractivity (Wildman–Crippen MR) is 241 cm³/mol. The second-order valence-electron chi connectivity index (χ2n) is 15.5. The summed E-state index contributed by atoms with van der Waals surface area (Å²) in [6, 6.07) is 76.2. The zero-order chi connectivity index (χ0) is 38.9. The van der Waals surface area contributed by atoms with Crippen LogP contribution in [0, 0.1) is 0 Å². The maximum absolute atomic E-state index is 5.19. The lowest BCUT2D eigenvalue weighted by atomic mass is 9.70. The molecule has 2 aliphatic carbocycles. The minimum atomic E-state index is -0.381. The third kappa shape index (κ3) is 5.05. The number of fused-ring (bicyclic) bond motifs is 11. The summed E-state index contributed by atoms with van der Waals surface area (Å²) < 4.78 is 0. The monoisotopic (exact) mass is 749 g/mol. The molecule has 0 radical (unpaired) electrons. The summed E-state index contributed by atoms with van der Waals surface area (Å²) in [5, 5.41) is 2.26. The van der Waals surface area contributed by atoms with E-state index in [1.807, 2.05) is 18.2 Å². The Morgan fingerprint density at radius 3 is 1.22 bits per heavy atom. The Balaban J connectivity index is 0.982. The first kappa shape index (κ1) is 33.4. The van der Waals surface area contributed by atoms with E-state index in [4.69, 9.17) is 15.0 Å². The van der Waals surface area contributed by atoms with Crippen LogP contribution >= 0.6 is 0 Å². The number of rotatable bonds is 5. The molecular weight excluding hydrogens is 715 g/mol. The highest BCUT2D eigenvalue weighted by atomic mass is 15.0. The van der Waals surface area contributed by atoms with Gasteiger partial charge < -0.3 is 0 Å². The second kappa shape index (κ2) is 13.2. The summed E-state index contributed by atoms with van der Waals surface area (Å²) in [6.45, 7) is 0. The number of hydrogen-bond donors (Lipinski definition) is 0. The lowest BCUT2D eigenvalue weighted by Gasteiger charge is -2.30. The van der Waals surface area contributed by atoms with Crippen LogP contribution in [-0.2, 0) is 5.41 Å². The van der Waals surface area contributed by atoms with Crippen molar-refractivity contribution in [2.45, 2.75) is 5.41 Å². The first-order valence-electron chi connectivity index (χ1n) is 20.2. The number of hydrogen-bond acceptors (Lipinski definition) is 3. The van der Waals surface area contributed by atoms with E-state index in [0.29, 0.717) is 17.5 Å². The molecule has 0 amide bonds. The van der Waals surface area contributed by atoms with Crippen molar-refractivity contribution in [1.82, 2.24) is 15.0 Å². The highest BCUT2D eigenvalue weighted by Crippen LogP contribution is 2.63. The lowest BCUT2D eigenvalue weighted by Crippen LogP contribution is -2.25. The van der Waals surface area contributed by atoms with Crippen LogP contribution in [0.1, 0.15) is 22.3 Å². The minimum Gasteiger partial charge on any atom is -0.208 e. The molecule has 0 aliphatic heterocycles. The SMILES string of the molecule is c1ccc(-c2nc(-c3ccc(-c4ccc5c(c4)C4(c6ccccc6-c6ccccc64)c4ccccc4-5)cc3)nc(-c3ccc(-c4ccccc4)c4ccccc34)n2)cc1. The van der Waals surface area contributed by atoms with Crippen molar-refractivity contribution in [3.63, 3.8) is 0 Å². The van der Waals surface area contributed by atoms with E-state index in [-0.39, 0.29) is 5.41 Å². The van der Waals surface area contributed by atoms with Gasteiger partial charge in [-0.2, -0.15) is 0 Å². The maximum atomic E-state index is 5.19. The molecule has 0 N–H and O–H groups in total. The second-order valence-corrected chi connectivity index (χ2v) is 15.5. The Labute approximate surface area is 343 Å². The maximum Gasteiger partial charge on any atom is 0.164 e. The Kier molecular flexibility index (Phi) is 7.45. The van der Waals surface area contributed by atoms with Gasteiger partial charge in [-0.3, -0.25) is 0 Å². The van der Waals surface area contributed by atoms with Crippen molar-refractivity contribution in [3.8, 4) is 78.7 Å². The van der Waals surface area contributed by atoms with E-state index in [0.717, 1.165) is 33.0 Å². The molecule has 0 atom stereocenters. The summed E-state index contributed by atoms with van der Waals surface area (Å²) in [5.74, 6) is 1.93. The van der Waals surface area contributed by atoms with Crippen molar-refractivity contribution < 1.29 is 0 Å². The van der Waals surface area contributed by atoms with Crippen LogP contribution in [0.3, 0.4) is 0 Å². The Morgan fingerprint density at radius 2 is 0.627 bits per heavy atom. The molecular formula is C56H35N3. The summed E-state index contributed by atoms with van der Waals surface area (Å²) in [6.07, 6.45) is 0. The van der Waals surface area contributed by atoms with Crippen molar-refractivity contribution in [2.24, 2.45) is 0 Å². The van der Waals surface area contributed by atoms with Crippen LogP contribution in [0.15, 0.2) is 212 Å². The van der Waals surface area contributed by atoms with E-state index in [1.54, 1.807) is 0 Å². The zero-order valence-corrected chi connectivity index (χ0v) is 32.0. The number of benzene rings is 9. The van der Waals surface area contributed by atoms with Crippen LogP contribution in [-0.4, -0.2) is 15.0 Å². The molecule has 1 heterocycles. The van der Waals surface area contributed by atoms with Crippen LogP contribution in [0.25, 0.3) is 89.4 Å². The molecule has 0 saturated heterocycles. The molecule has 12 rings (SSSR count). The van der Waals surface area contributed by atoms with Crippen LogP contribution in [0.2, 0.25) is 0 Å². The summed E-state index contributed by atoms with van der Waals surface area (Å²) >= 11 is 0. The van der Waals surface area contributed by atoms with Gasteiger partial charge in [0.15, 0.2) is 17.5 Å². The van der Waals surface area contributed by atoms with Gasteiger partial charge in [-0.25, -0.2) is 15.0 Å². The van der Waals surface area contributed by atoms with Gasteiger partial charge in [0.05, 0.1) is 5.41 Å². The Bertz CT molecular complexity index is 3200. The fourth-order valence-electron chi connectivity index (χ4n) is 9.79. The molecule has 0 bridgehead atoms. The molecule has 0 saturated carbocycles. The molecule has 3 heteroatoms. The lowest BCUT2D eigenvalue weighted by molar-refractivity contribution is 0.794. The zero-order valence-electron chi connectivity index (χ0n) is 32.0. The van der Waals surface area contributed by atoms with E-state index in [2.05, 4.69) is 194 Å². The Morgan fingerprint density at radius 1 is 0.237 bits per heavy atom. The van der Waals surface area contributed by atoms with Crippen molar-refractivity contribution in [3.05, 3.63) is 235 Å². The van der Waals surface area contributed by atoms with Crippen LogP contribution in [0.5, 0.6) is 0 Å². The fraction of sp³-hybridized carbons (Fsp3) is 0.0179. The van der Waals surface area contributed by atoms with E-state index >= 15 is 0 Å². The van der Waals surface area contributed by atoms with Gasteiger partial charge in [0.25, 0.3) is 0 Å². The topological polar surface area (TPSA) is 38.7 Å². The average molecular weight is 750 g/mol. The summed E-state index contributed by atoms with van der Waals surface area (Å²) in [4.78, 5) is 15.4.